The minimum absolute atomic E-state index is 0.00206. The monoisotopic (exact) mass is 668 g/mol. The molecule has 0 saturated carbocycles. The average molecular weight is 669 g/mol. The number of carbonyl (C=O) groups is 5. The van der Waals surface area contributed by atoms with E-state index in [1.165, 1.54) is 0 Å². The van der Waals surface area contributed by atoms with Gasteiger partial charge < -0.3 is 35.8 Å². The Bertz CT molecular complexity index is 1380. The molecule has 0 radical (unpaired) electrons. The standard InChI is InChI=1S/C36H52N4O8/c1-34(2,3)20-25(37-29(41)26(21-35(4,5)6)38-32(45)47-22-23-16-12-10-13-17-23)30(42)39-28(31(43)44)27(24-18-14-11-15-19-24)40-33(46)48-36(7,8)9/h10-19,25-28H,20-22H2,1-9H3,(H,37,41)(H,38,45)(H,39,42)(H,40,46)(H,43,44)/t25-,26+,27+,28-/m0/s1. The van der Waals surface area contributed by atoms with Crippen molar-refractivity contribution in [3.05, 3.63) is 71.8 Å². The molecule has 0 fully saturated rings. The van der Waals surface area contributed by atoms with Gasteiger partial charge in [0.25, 0.3) is 0 Å². The number of carboxylic acid groups (broad SMARTS) is 1. The number of hydrogen-bond acceptors (Lipinski definition) is 7. The number of aliphatic carboxylic acids is 1. The SMILES string of the molecule is CC(C)(C)C[C@H](NC(=O)[C@@H](CC(C)(C)C)NC(=O)OCc1ccccc1)C(=O)N[C@H](C(=O)O)[C@H](NC(=O)OC(C)(C)C)c1ccccc1. The fraction of sp³-hybridized carbons (Fsp3) is 0.528. The van der Waals surface area contributed by atoms with E-state index < -0.39 is 70.6 Å². The zero-order valence-corrected chi connectivity index (χ0v) is 29.5. The Hall–Kier alpha value is -4.61. The summed E-state index contributed by atoms with van der Waals surface area (Å²) < 4.78 is 10.7. The summed E-state index contributed by atoms with van der Waals surface area (Å²) in [6.07, 6.45) is -1.32. The molecule has 0 spiro atoms. The zero-order valence-electron chi connectivity index (χ0n) is 29.5. The van der Waals surface area contributed by atoms with Gasteiger partial charge in [-0.05, 0) is 55.6 Å². The van der Waals surface area contributed by atoms with E-state index in [4.69, 9.17) is 9.47 Å². The lowest BCUT2D eigenvalue weighted by Crippen LogP contribution is -2.59. The van der Waals surface area contributed by atoms with Crippen LogP contribution in [0.15, 0.2) is 60.7 Å². The Morgan fingerprint density at radius 1 is 0.646 bits per heavy atom. The molecule has 12 nitrogen and oxygen atoms in total. The van der Waals surface area contributed by atoms with Crippen LogP contribution < -0.4 is 21.3 Å². The van der Waals surface area contributed by atoms with Gasteiger partial charge in [0, 0.05) is 0 Å². The molecule has 4 atom stereocenters. The van der Waals surface area contributed by atoms with Crippen LogP contribution in [-0.2, 0) is 30.5 Å². The van der Waals surface area contributed by atoms with Crippen LogP contribution in [0.2, 0.25) is 0 Å². The number of carboxylic acids is 1. The predicted molar refractivity (Wildman–Crippen MR) is 182 cm³/mol. The van der Waals surface area contributed by atoms with Gasteiger partial charge in [-0.15, -0.1) is 0 Å². The van der Waals surface area contributed by atoms with Crippen LogP contribution in [0.4, 0.5) is 9.59 Å². The minimum atomic E-state index is -1.64. The van der Waals surface area contributed by atoms with E-state index in [0.29, 0.717) is 5.56 Å². The number of nitrogens with one attached hydrogen (secondary N) is 4. The summed E-state index contributed by atoms with van der Waals surface area (Å²) in [4.78, 5) is 65.8. The quantitative estimate of drug-likeness (QED) is 0.187. The van der Waals surface area contributed by atoms with Gasteiger partial charge in [0.2, 0.25) is 11.8 Å². The van der Waals surface area contributed by atoms with Gasteiger partial charge >= 0.3 is 18.2 Å². The fourth-order valence-electron chi connectivity index (χ4n) is 4.82. The molecular formula is C36H52N4O8. The van der Waals surface area contributed by atoms with Gasteiger partial charge in [-0.3, -0.25) is 9.59 Å². The highest BCUT2D eigenvalue weighted by molar-refractivity contribution is 5.93. The van der Waals surface area contributed by atoms with Crippen LogP contribution in [0.3, 0.4) is 0 Å². The second kappa shape index (κ2) is 17.0. The maximum Gasteiger partial charge on any atom is 0.408 e. The third-order valence-electron chi connectivity index (χ3n) is 6.82. The normalized spacial score (nSPS) is 14.4. The van der Waals surface area contributed by atoms with Crippen molar-refractivity contribution in [1.29, 1.82) is 0 Å². The van der Waals surface area contributed by atoms with Crippen molar-refractivity contribution in [1.82, 2.24) is 21.3 Å². The maximum absolute atomic E-state index is 13.9. The smallest absolute Gasteiger partial charge is 0.408 e. The number of ether oxygens (including phenoxy) is 2. The largest absolute Gasteiger partial charge is 0.480 e. The predicted octanol–water partition coefficient (Wildman–Crippen LogP) is 5.47. The first-order valence-corrected chi connectivity index (χ1v) is 16.0. The van der Waals surface area contributed by atoms with E-state index in [1.54, 1.807) is 63.2 Å². The molecule has 2 aromatic carbocycles. The van der Waals surface area contributed by atoms with Gasteiger partial charge in [0.1, 0.15) is 24.3 Å². The van der Waals surface area contributed by atoms with Crippen molar-refractivity contribution in [3.8, 4) is 0 Å². The molecule has 48 heavy (non-hydrogen) atoms. The van der Waals surface area contributed by atoms with Gasteiger partial charge in [0.15, 0.2) is 6.04 Å². The second-order valence-electron chi connectivity index (χ2n) is 15.2. The third-order valence-corrected chi connectivity index (χ3v) is 6.82. The van der Waals surface area contributed by atoms with Gasteiger partial charge in [-0.2, -0.15) is 0 Å². The van der Waals surface area contributed by atoms with Crippen molar-refractivity contribution in [3.63, 3.8) is 0 Å². The molecule has 4 amide bonds. The summed E-state index contributed by atoms with van der Waals surface area (Å²) >= 11 is 0. The average Bonchev–Trinajstić information content (AvgIpc) is 2.95. The lowest BCUT2D eigenvalue weighted by Gasteiger charge is -2.32. The molecule has 2 rings (SSSR count). The Labute approximate surface area is 283 Å². The topological polar surface area (TPSA) is 172 Å². The lowest BCUT2D eigenvalue weighted by atomic mass is 9.86. The first kappa shape index (κ1) is 39.6. The fourth-order valence-corrected chi connectivity index (χ4v) is 4.82. The molecule has 5 N–H and O–H groups in total. The summed E-state index contributed by atoms with van der Waals surface area (Å²) in [6, 6.07) is 12.3. The molecule has 0 saturated heterocycles. The van der Waals surface area contributed by atoms with E-state index in [2.05, 4.69) is 21.3 Å². The van der Waals surface area contributed by atoms with Crippen molar-refractivity contribution in [2.45, 2.75) is 112 Å². The number of rotatable bonds is 13. The molecule has 0 aliphatic rings. The van der Waals surface area contributed by atoms with Crippen molar-refractivity contribution in [2.75, 3.05) is 0 Å². The molecule has 2 aromatic rings. The first-order chi connectivity index (χ1) is 22.1. The van der Waals surface area contributed by atoms with E-state index in [9.17, 15) is 29.1 Å². The highest BCUT2D eigenvalue weighted by Gasteiger charge is 2.38. The molecule has 12 heteroatoms. The first-order valence-electron chi connectivity index (χ1n) is 16.0. The summed E-state index contributed by atoms with van der Waals surface area (Å²) in [6.45, 7) is 16.3. The summed E-state index contributed by atoms with van der Waals surface area (Å²) in [7, 11) is 0. The van der Waals surface area contributed by atoms with E-state index in [0.717, 1.165) is 5.56 Å². The third kappa shape index (κ3) is 14.9. The van der Waals surface area contributed by atoms with Crippen LogP contribution in [0, 0.1) is 10.8 Å². The molecule has 0 aliphatic heterocycles. The molecule has 264 valence electrons. The molecule has 0 aliphatic carbocycles. The molecular weight excluding hydrogens is 616 g/mol. The summed E-state index contributed by atoms with van der Waals surface area (Å²) in [5.74, 6) is -2.83. The van der Waals surface area contributed by atoms with Crippen molar-refractivity contribution >= 4 is 30.0 Å². The van der Waals surface area contributed by atoms with Crippen LogP contribution in [0.1, 0.15) is 92.3 Å². The van der Waals surface area contributed by atoms with Crippen LogP contribution >= 0.6 is 0 Å². The number of hydrogen-bond donors (Lipinski definition) is 5. The van der Waals surface area contributed by atoms with Crippen LogP contribution in [0.5, 0.6) is 0 Å². The maximum atomic E-state index is 13.9. The van der Waals surface area contributed by atoms with Crippen molar-refractivity contribution in [2.24, 2.45) is 10.8 Å². The Balaban J connectivity index is 2.34. The highest BCUT2D eigenvalue weighted by Crippen LogP contribution is 2.25. The minimum Gasteiger partial charge on any atom is -0.480 e. The summed E-state index contributed by atoms with van der Waals surface area (Å²) in [5.41, 5.74) is -0.559. The number of amides is 4. The Morgan fingerprint density at radius 3 is 1.60 bits per heavy atom. The number of carbonyl (C=O) groups excluding carboxylic acids is 4. The molecule has 0 bridgehead atoms. The van der Waals surface area contributed by atoms with Gasteiger partial charge in [-0.1, -0.05) is 102 Å². The molecule has 0 unspecified atom stereocenters. The Morgan fingerprint density at radius 2 is 1.12 bits per heavy atom. The van der Waals surface area contributed by atoms with Crippen LogP contribution in [-0.4, -0.2) is 58.8 Å². The van der Waals surface area contributed by atoms with E-state index in [1.807, 2.05) is 59.7 Å². The molecule has 0 aromatic heterocycles. The van der Waals surface area contributed by atoms with E-state index >= 15 is 0 Å². The molecule has 0 heterocycles. The van der Waals surface area contributed by atoms with Crippen LogP contribution in [0.25, 0.3) is 0 Å². The van der Waals surface area contributed by atoms with Crippen molar-refractivity contribution < 1.29 is 38.6 Å². The second-order valence-corrected chi connectivity index (χ2v) is 15.2. The number of benzene rings is 2. The Kier molecular flexibility index (Phi) is 14.0. The highest BCUT2D eigenvalue weighted by atomic mass is 16.6. The van der Waals surface area contributed by atoms with E-state index in [-0.39, 0.29) is 19.4 Å². The summed E-state index contributed by atoms with van der Waals surface area (Å²) in [5, 5.41) is 20.8. The number of alkyl carbamates (subject to hydrolysis) is 2. The van der Waals surface area contributed by atoms with Gasteiger partial charge in [-0.25, -0.2) is 14.4 Å². The van der Waals surface area contributed by atoms with Gasteiger partial charge in [0.05, 0.1) is 6.04 Å². The lowest BCUT2D eigenvalue weighted by molar-refractivity contribution is -0.143. The zero-order chi connectivity index (χ0) is 36.3.